The van der Waals surface area contributed by atoms with E-state index in [0.29, 0.717) is 0 Å². The van der Waals surface area contributed by atoms with E-state index in [9.17, 15) is 0 Å². The molecule has 0 aromatic heterocycles. The monoisotopic (exact) mass is 222 g/mol. The summed E-state index contributed by atoms with van der Waals surface area (Å²) in [5, 5.41) is 26.4. The van der Waals surface area contributed by atoms with Crippen molar-refractivity contribution in [3.8, 4) is 0 Å². The second kappa shape index (κ2) is 8.60. The SMILES string of the molecule is OCCCC(P)(CCCO)CCCO. The van der Waals surface area contributed by atoms with Crippen LogP contribution < -0.4 is 0 Å². The van der Waals surface area contributed by atoms with Gasteiger partial charge in [0, 0.05) is 19.8 Å². The molecule has 3 N–H and O–H groups in total. The van der Waals surface area contributed by atoms with Crippen molar-refractivity contribution in [1.82, 2.24) is 0 Å². The quantitative estimate of drug-likeness (QED) is 0.508. The Morgan fingerprint density at radius 2 is 1.00 bits per heavy atom. The molecule has 86 valence electrons. The van der Waals surface area contributed by atoms with Gasteiger partial charge in [0.2, 0.25) is 0 Å². The lowest BCUT2D eigenvalue weighted by atomic mass is 9.92. The van der Waals surface area contributed by atoms with E-state index in [0.717, 1.165) is 38.5 Å². The zero-order valence-electron chi connectivity index (χ0n) is 8.78. The van der Waals surface area contributed by atoms with Gasteiger partial charge in [-0.05, 0) is 43.7 Å². The molecule has 0 bridgehead atoms. The molecule has 0 aromatic rings. The van der Waals surface area contributed by atoms with Crippen molar-refractivity contribution < 1.29 is 15.3 Å². The molecule has 3 nitrogen and oxygen atoms in total. The van der Waals surface area contributed by atoms with Crippen LogP contribution in [0.15, 0.2) is 0 Å². The maximum atomic E-state index is 8.77. The average molecular weight is 222 g/mol. The first-order valence-electron chi connectivity index (χ1n) is 5.30. The number of aliphatic hydroxyl groups is 3. The van der Waals surface area contributed by atoms with Gasteiger partial charge in [0.05, 0.1) is 0 Å². The molecule has 0 aliphatic carbocycles. The number of hydrogen-bond acceptors (Lipinski definition) is 3. The van der Waals surface area contributed by atoms with Gasteiger partial charge in [0.1, 0.15) is 0 Å². The Morgan fingerprint density at radius 1 is 0.714 bits per heavy atom. The summed E-state index contributed by atoms with van der Waals surface area (Å²) in [7, 11) is 2.83. The summed E-state index contributed by atoms with van der Waals surface area (Å²) in [5.41, 5.74) is 0. The van der Waals surface area contributed by atoms with Crippen LogP contribution >= 0.6 is 9.24 Å². The first kappa shape index (κ1) is 14.3. The van der Waals surface area contributed by atoms with E-state index in [1.54, 1.807) is 0 Å². The summed E-state index contributed by atoms with van der Waals surface area (Å²) in [6, 6.07) is 0. The maximum Gasteiger partial charge on any atom is 0.0431 e. The van der Waals surface area contributed by atoms with Crippen molar-refractivity contribution in [2.24, 2.45) is 0 Å². The van der Waals surface area contributed by atoms with Gasteiger partial charge < -0.3 is 15.3 Å². The summed E-state index contributed by atoms with van der Waals surface area (Å²) in [5.74, 6) is 0. The summed E-state index contributed by atoms with van der Waals surface area (Å²) in [6.07, 6.45) is 5.19. The van der Waals surface area contributed by atoms with Crippen molar-refractivity contribution >= 4 is 9.24 Å². The van der Waals surface area contributed by atoms with Crippen molar-refractivity contribution in [3.63, 3.8) is 0 Å². The molecule has 0 aliphatic heterocycles. The van der Waals surface area contributed by atoms with Gasteiger partial charge >= 0.3 is 0 Å². The van der Waals surface area contributed by atoms with Gasteiger partial charge in [-0.2, -0.15) is 0 Å². The molecule has 1 atom stereocenters. The van der Waals surface area contributed by atoms with Crippen LogP contribution in [0.4, 0.5) is 0 Å². The summed E-state index contributed by atoms with van der Waals surface area (Å²) in [6.45, 7) is 0.650. The minimum absolute atomic E-state index is 0.0915. The van der Waals surface area contributed by atoms with E-state index in [1.807, 2.05) is 0 Å². The lowest BCUT2D eigenvalue weighted by Crippen LogP contribution is -2.22. The summed E-state index contributed by atoms with van der Waals surface area (Å²) in [4.78, 5) is 0. The molecule has 0 saturated carbocycles. The maximum absolute atomic E-state index is 8.77. The Labute approximate surface area is 88.7 Å². The van der Waals surface area contributed by atoms with E-state index in [1.165, 1.54) is 0 Å². The fraction of sp³-hybridized carbons (Fsp3) is 1.00. The Kier molecular flexibility index (Phi) is 8.80. The van der Waals surface area contributed by atoms with Crippen molar-refractivity contribution in [1.29, 1.82) is 0 Å². The molecule has 0 fully saturated rings. The molecule has 14 heavy (non-hydrogen) atoms. The number of hydrogen-bond donors (Lipinski definition) is 3. The van der Waals surface area contributed by atoms with E-state index in [4.69, 9.17) is 15.3 Å². The summed E-state index contributed by atoms with van der Waals surface area (Å²) >= 11 is 0. The Hall–Kier alpha value is 0.310. The molecule has 0 heterocycles. The molecule has 0 radical (unpaired) electrons. The van der Waals surface area contributed by atoms with Gasteiger partial charge in [-0.15, -0.1) is 9.24 Å². The van der Waals surface area contributed by atoms with Crippen molar-refractivity contribution in [2.45, 2.75) is 43.7 Å². The van der Waals surface area contributed by atoms with Crippen LogP contribution in [0.5, 0.6) is 0 Å². The highest BCUT2D eigenvalue weighted by Gasteiger charge is 2.22. The molecule has 0 aromatic carbocycles. The van der Waals surface area contributed by atoms with Crippen LogP contribution in [0.2, 0.25) is 0 Å². The third-order valence-electron chi connectivity index (χ3n) is 2.50. The van der Waals surface area contributed by atoms with E-state index in [-0.39, 0.29) is 25.0 Å². The minimum atomic E-state index is 0.0915. The van der Waals surface area contributed by atoms with Gasteiger partial charge in [0.25, 0.3) is 0 Å². The standard InChI is InChI=1S/C10H23O3P/c11-7-1-4-10(14,5-2-8-12)6-3-9-13/h11-13H,1-9,14H2. The molecule has 0 amide bonds. The highest BCUT2D eigenvalue weighted by atomic mass is 31.0. The first-order valence-corrected chi connectivity index (χ1v) is 5.88. The highest BCUT2D eigenvalue weighted by molar-refractivity contribution is 7.19. The molecule has 1 unspecified atom stereocenters. The number of rotatable bonds is 9. The lowest BCUT2D eigenvalue weighted by Gasteiger charge is -2.29. The lowest BCUT2D eigenvalue weighted by molar-refractivity contribution is 0.240. The minimum Gasteiger partial charge on any atom is -0.396 e. The predicted molar refractivity (Wildman–Crippen MR) is 61.4 cm³/mol. The van der Waals surface area contributed by atoms with Crippen LogP contribution in [0, 0.1) is 0 Å². The van der Waals surface area contributed by atoms with Crippen molar-refractivity contribution in [3.05, 3.63) is 0 Å². The van der Waals surface area contributed by atoms with Crippen molar-refractivity contribution in [2.75, 3.05) is 19.8 Å². The molecular formula is C10H23O3P. The fourth-order valence-corrected chi connectivity index (χ4v) is 2.28. The number of aliphatic hydroxyl groups excluding tert-OH is 3. The van der Waals surface area contributed by atoms with Crippen LogP contribution in [-0.2, 0) is 0 Å². The van der Waals surface area contributed by atoms with E-state index < -0.39 is 0 Å². The Bertz CT molecular complexity index is 109. The molecule has 0 rings (SSSR count). The molecule has 0 aliphatic rings. The predicted octanol–water partition coefficient (Wildman–Crippen LogP) is 0.918. The van der Waals surface area contributed by atoms with Gasteiger partial charge in [0.15, 0.2) is 0 Å². The molecule has 4 heteroatoms. The Morgan fingerprint density at radius 3 is 1.21 bits per heavy atom. The molecule has 0 spiro atoms. The smallest absolute Gasteiger partial charge is 0.0431 e. The normalized spacial score (nSPS) is 12.0. The van der Waals surface area contributed by atoms with Gasteiger partial charge in [-0.25, -0.2) is 0 Å². The Balaban J connectivity index is 3.89. The zero-order valence-corrected chi connectivity index (χ0v) is 9.94. The van der Waals surface area contributed by atoms with Crippen LogP contribution in [0.1, 0.15) is 38.5 Å². The largest absolute Gasteiger partial charge is 0.396 e. The highest BCUT2D eigenvalue weighted by Crippen LogP contribution is 2.34. The van der Waals surface area contributed by atoms with Gasteiger partial charge in [-0.1, -0.05) is 0 Å². The average Bonchev–Trinajstić information content (AvgIpc) is 2.21. The second-order valence-corrected chi connectivity index (χ2v) is 5.07. The third-order valence-corrected chi connectivity index (χ3v) is 3.36. The van der Waals surface area contributed by atoms with Crippen LogP contribution in [-0.4, -0.2) is 40.3 Å². The third kappa shape index (κ3) is 6.72. The molecule has 0 saturated heterocycles. The topological polar surface area (TPSA) is 60.7 Å². The summed E-state index contributed by atoms with van der Waals surface area (Å²) < 4.78 is 0. The second-order valence-electron chi connectivity index (χ2n) is 3.84. The first-order chi connectivity index (χ1) is 6.68. The van der Waals surface area contributed by atoms with E-state index >= 15 is 0 Å². The van der Waals surface area contributed by atoms with Crippen LogP contribution in [0.3, 0.4) is 0 Å². The van der Waals surface area contributed by atoms with Crippen LogP contribution in [0.25, 0.3) is 0 Å². The van der Waals surface area contributed by atoms with E-state index in [2.05, 4.69) is 9.24 Å². The molecular weight excluding hydrogens is 199 g/mol. The fourth-order valence-electron chi connectivity index (χ4n) is 1.67. The zero-order chi connectivity index (χ0) is 10.9. The van der Waals surface area contributed by atoms with Gasteiger partial charge in [-0.3, -0.25) is 0 Å².